The van der Waals surface area contributed by atoms with Gasteiger partial charge in [0.15, 0.2) is 5.82 Å². The lowest BCUT2D eigenvalue weighted by molar-refractivity contribution is 0.199. The molecular weight excluding hydrogens is 266 g/mol. The van der Waals surface area contributed by atoms with Crippen LogP contribution in [0.25, 0.3) is 11.5 Å². The Bertz CT molecular complexity index is 704. The minimum Gasteiger partial charge on any atom is -0.487 e. The Morgan fingerprint density at radius 1 is 1.33 bits per heavy atom. The molecule has 0 aliphatic rings. The second kappa shape index (κ2) is 5.78. The average Bonchev–Trinajstić information content (AvgIpc) is 3.08. The van der Waals surface area contributed by atoms with Gasteiger partial charge in [-0.05, 0) is 26.0 Å². The van der Waals surface area contributed by atoms with Gasteiger partial charge in [0.25, 0.3) is 0 Å². The van der Waals surface area contributed by atoms with Gasteiger partial charge >= 0.3 is 0 Å². The molecule has 0 bridgehead atoms. The Labute approximate surface area is 122 Å². The summed E-state index contributed by atoms with van der Waals surface area (Å²) in [6, 6.07) is 3.76. The van der Waals surface area contributed by atoms with E-state index in [9.17, 15) is 0 Å². The zero-order chi connectivity index (χ0) is 14.7. The van der Waals surface area contributed by atoms with Gasteiger partial charge in [0.2, 0.25) is 0 Å². The molecule has 0 aliphatic carbocycles. The van der Waals surface area contributed by atoms with Crippen LogP contribution in [0.15, 0.2) is 43.2 Å². The van der Waals surface area contributed by atoms with Gasteiger partial charge in [0, 0.05) is 24.3 Å². The summed E-state index contributed by atoms with van der Waals surface area (Å²) in [5.41, 5.74) is 1.87. The highest BCUT2D eigenvalue weighted by molar-refractivity contribution is 5.52. The summed E-state index contributed by atoms with van der Waals surface area (Å²) in [6.45, 7) is 4.70. The maximum Gasteiger partial charge on any atom is 0.160 e. The molecule has 6 heteroatoms. The number of imidazole rings is 2. The fourth-order valence-corrected chi connectivity index (χ4v) is 2.22. The summed E-state index contributed by atoms with van der Waals surface area (Å²) < 4.78 is 7.90. The lowest BCUT2D eigenvalue weighted by Crippen LogP contribution is -2.20. The SMILES string of the molecule is Cc1[nH]cnc1-c1nccn1CC(C)Oc1cccnc1. The highest BCUT2D eigenvalue weighted by Gasteiger charge is 2.14. The minimum atomic E-state index is 0.00129. The zero-order valence-corrected chi connectivity index (χ0v) is 12.0. The topological polar surface area (TPSA) is 68.6 Å². The first-order chi connectivity index (χ1) is 10.2. The number of aromatic nitrogens is 5. The standard InChI is InChI=1S/C15H17N5O/c1-11(21-13-4-3-5-16-8-13)9-20-7-6-17-15(20)14-12(2)18-10-19-14/h3-8,10-11H,9H2,1-2H3,(H,18,19). The molecule has 0 spiro atoms. The second-order valence-electron chi connectivity index (χ2n) is 4.90. The molecule has 0 amide bonds. The van der Waals surface area contributed by atoms with Gasteiger partial charge in [-0.3, -0.25) is 4.98 Å². The van der Waals surface area contributed by atoms with Gasteiger partial charge in [0.05, 0.1) is 19.1 Å². The third kappa shape index (κ3) is 2.94. The van der Waals surface area contributed by atoms with Crippen LogP contribution in [-0.4, -0.2) is 30.6 Å². The first-order valence-electron chi connectivity index (χ1n) is 6.82. The number of hydrogen-bond acceptors (Lipinski definition) is 4. The largest absolute Gasteiger partial charge is 0.487 e. The van der Waals surface area contributed by atoms with Crippen LogP contribution >= 0.6 is 0 Å². The smallest absolute Gasteiger partial charge is 0.160 e. The number of rotatable bonds is 5. The fourth-order valence-electron chi connectivity index (χ4n) is 2.22. The maximum absolute atomic E-state index is 5.85. The van der Waals surface area contributed by atoms with Crippen molar-refractivity contribution in [1.29, 1.82) is 0 Å². The molecule has 0 aromatic carbocycles. The quantitative estimate of drug-likeness (QED) is 0.781. The Hall–Kier alpha value is -2.63. The summed E-state index contributed by atoms with van der Waals surface area (Å²) in [5, 5.41) is 0. The van der Waals surface area contributed by atoms with Crippen LogP contribution in [0.5, 0.6) is 5.75 Å². The van der Waals surface area contributed by atoms with Crippen molar-refractivity contribution < 1.29 is 4.74 Å². The molecule has 0 fully saturated rings. The van der Waals surface area contributed by atoms with Crippen LogP contribution in [0.4, 0.5) is 0 Å². The summed E-state index contributed by atoms with van der Waals surface area (Å²) in [5.74, 6) is 1.61. The highest BCUT2D eigenvalue weighted by atomic mass is 16.5. The number of nitrogens with zero attached hydrogens (tertiary/aromatic N) is 4. The first-order valence-corrected chi connectivity index (χ1v) is 6.82. The van der Waals surface area contributed by atoms with Crippen LogP contribution in [0, 0.1) is 6.92 Å². The van der Waals surface area contributed by atoms with E-state index in [4.69, 9.17) is 4.74 Å². The summed E-state index contributed by atoms with van der Waals surface area (Å²) in [4.78, 5) is 15.8. The van der Waals surface area contributed by atoms with E-state index in [1.807, 2.05) is 36.7 Å². The number of pyridine rings is 1. The number of ether oxygens (including phenoxy) is 1. The Morgan fingerprint density at radius 3 is 2.95 bits per heavy atom. The van der Waals surface area contributed by atoms with Crippen LogP contribution in [0.1, 0.15) is 12.6 Å². The molecule has 0 radical (unpaired) electrons. The molecule has 0 saturated heterocycles. The molecule has 0 aliphatic heterocycles. The number of aromatic amines is 1. The molecule has 1 atom stereocenters. The van der Waals surface area contributed by atoms with Crippen molar-refractivity contribution in [1.82, 2.24) is 24.5 Å². The predicted octanol–water partition coefficient (Wildman–Crippen LogP) is 2.44. The van der Waals surface area contributed by atoms with Gasteiger partial charge < -0.3 is 14.3 Å². The first kappa shape index (κ1) is 13.4. The number of hydrogen-bond donors (Lipinski definition) is 1. The summed E-state index contributed by atoms with van der Waals surface area (Å²) in [6.07, 6.45) is 8.84. The molecule has 3 aromatic heterocycles. The molecule has 108 valence electrons. The predicted molar refractivity (Wildman–Crippen MR) is 78.9 cm³/mol. The van der Waals surface area contributed by atoms with Crippen molar-refractivity contribution in [3.05, 3.63) is 48.9 Å². The maximum atomic E-state index is 5.85. The molecule has 1 N–H and O–H groups in total. The van der Waals surface area contributed by atoms with Gasteiger partial charge in [-0.1, -0.05) is 0 Å². The highest BCUT2D eigenvalue weighted by Crippen LogP contribution is 2.19. The van der Waals surface area contributed by atoms with E-state index in [1.54, 1.807) is 24.9 Å². The van der Waals surface area contributed by atoms with Crippen molar-refractivity contribution in [2.45, 2.75) is 26.5 Å². The normalized spacial score (nSPS) is 12.3. The van der Waals surface area contributed by atoms with Gasteiger partial charge in [0.1, 0.15) is 17.5 Å². The Kier molecular flexibility index (Phi) is 3.68. The molecule has 21 heavy (non-hydrogen) atoms. The third-order valence-electron chi connectivity index (χ3n) is 3.18. The summed E-state index contributed by atoms with van der Waals surface area (Å²) >= 11 is 0. The van der Waals surface area contributed by atoms with E-state index in [0.717, 1.165) is 23.0 Å². The Balaban J connectivity index is 1.74. The third-order valence-corrected chi connectivity index (χ3v) is 3.18. The van der Waals surface area contributed by atoms with Crippen LogP contribution in [-0.2, 0) is 6.54 Å². The minimum absolute atomic E-state index is 0.00129. The van der Waals surface area contributed by atoms with E-state index < -0.39 is 0 Å². The Morgan fingerprint density at radius 2 is 2.24 bits per heavy atom. The van der Waals surface area contributed by atoms with E-state index in [-0.39, 0.29) is 6.10 Å². The van der Waals surface area contributed by atoms with Crippen molar-refractivity contribution in [3.63, 3.8) is 0 Å². The molecular formula is C15H17N5O. The van der Waals surface area contributed by atoms with Crippen LogP contribution < -0.4 is 4.74 Å². The molecule has 3 heterocycles. The molecule has 6 nitrogen and oxygen atoms in total. The molecule has 1 unspecified atom stereocenters. The lowest BCUT2D eigenvalue weighted by atomic mass is 10.3. The molecule has 3 aromatic rings. The van der Waals surface area contributed by atoms with Crippen LogP contribution in [0.3, 0.4) is 0 Å². The number of nitrogens with one attached hydrogen (secondary N) is 1. The van der Waals surface area contributed by atoms with Crippen molar-refractivity contribution in [2.24, 2.45) is 0 Å². The fraction of sp³-hybridized carbons (Fsp3) is 0.267. The van der Waals surface area contributed by atoms with Crippen LogP contribution in [0.2, 0.25) is 0 Å². The number of H-pyrrole nitrogens is 1. The zero-order valence-electron chi connectivity index (χ0n) is 12.0. The second-order valence-corrected chi connectivity index (χ2v) is 4.90. The molecule has 0 saturated carbocycles. The monoisotopic (exact) mass is 283 g/mol. The van der Waals surface area contributed by atoms with Gasteiger partial charge in [-0.25, -0.2) is 9.97 Å². The summed E-state index contributed by atoms with van der Waals surface area (Å²) in [7, 11) is 0. The van der Waals surface area contributed by atoms with E-state index in [1.165, 1.54) is 0 Å². The number of aryl methyl sites for hydroxylation is 1. The molecule has 3 rings (SSSR count). The van der Waals surface area contributed by atoms with Crippen molar-refractivity contribution in [2.75, 3.05) is 0 Å². The van der Waals surface area contributed by atoms with E-state index in [0.29, 0.717) is 6.54 Å². The average molecular weight is 283 g/mol. The lowest BCUT2D eigenvalue weighted by Gasteiger charge is -2.16. The van der Waals surface area contributed by atoms with Gasteiger partial charge in [-0.2, -0.15) is 0 Å². The van der Waals surface area contributed by atoms with E-state index in [2.05, 4.69) is 19.9 Å². The van der Waals surface area contributed by atoms with Crippen molar-refractivity contribution in [3.8, 4) is 17.3 Å². The van der Waals surface area contributed by atoms with Crippen molar-refractivity contribution >= 4 is 0 Å². The van der Waals surface area contributed by atoms with E-state index >= 15 is 0 Å². The van der Waals surface area contributed by atoms with Gasteiger partial charge in [-0.15, -0.1) is 0 Å².